The van der Waals surface area contributed by atoms with E-state index in [2.05, 4.69) is 20.9 Å². The number of hydrogen-bond donors (Lipinski definition) is 0. The summed E-state index contributed by atoms with van der Waals surface area (Å²) < 4.78 is 2.03. The van der Waals surface area contributed by atoms with Gasteiger partial charge >= 0.3 is 0 Å². The molecule has 58 heavy (non-hydrogen) atoms. The zero-order valence-electron chi connectivity index (χ0n) is 30.7. The molecular formula is C50H28N6O2. The zero-order chi connectivity index (χ0) is 39.3. The Morgan fingerprint density at radius 1 is 0.517 bits per heavy atom. The van der Waals surface area contributed by atoms with Gasteiger partial charge in [0.05, 0.1) is 39.2 Å². The lowest BCUT2D eigenvalue weighted by Gasteiger charge is -2.22. The van der Waals surface area contributed by atoms with Gasteiger partial charge in [0.1, 0.15) is 11.8 Å². The van der Waals surface area contributed by atoms with Crippen LogP contribution in [0.2, 0.25) is 0 Å². The third kappa shape index (κ3) is 5.44. The molecule has 1 aliphatic heterocycles. The van der Waals surface area contributed by atoms with Crippen molar-refractivity contribution in [2.45, 2.75) is 0 Å². The quantitative estimate of drug-likeness (QED) is 0.125. The lowest BCUT2D eigenvalue weighted by molar-refractivity contribution is 0.0926. The first-order chi connectivity index (χ1) is 28.5. The van der Waals surface area contributed by atoms with Crippen molar-refractivity contribution in [1.29, 1.82) is 5.26 Å². The fraction of sp³-hybridized carbons (Fsp3) is 0. The van der Waals surface area contributed by atoms with Gasteiger partial charge in [-0.15, -0.1) is 4.98 Å². The lowest BCUT2D eigenvalue weighted by atomic mass is 9.92. The lowest BCUT2D eigenvalue weighted by Crippen LogP contribution is -2.30. The average Bonchev–Trinajstić information content (AvgIpc) is 3.75. The first-order valence-electron chi connectivity index (χ1n) is 18.6. The zero-order valence-corrected chi connectivity index (χ0v) is 30.7. The van der Waals surface area contributed by atoms with Gasteiger partial charge in [-0.2, -0.15) is 5.26 Å². The minimum absolute atomic E-state index is 0.295. The summed E-state index contributed by atoms with van der Waals surface area (Å²) in [5.74, 6) is -0.522. The Hall–Kier alpha value is -8.46. The first-order valence-corrected chi connectivity index (χ1v) is 18.6. The molecule has 0 unspecified atom stereocenters. The van der Waals surface area contributed by atoms with Crippen LogP contribution in [0.4, 0.5) is 11.5 Å². The molecule has 0 atom stereocenters. The van der Waals surface area contributed by atoms with Gasteiger partial charge in [0.25, 0.3) is 17.6 Å². The van der Waals surface area contributed by atoms with Gasteiger partial charge in [-0.05, 0) is 89.5 Å². The Morgan fingerprint density at radius 2 is 1.10 bits per heavy atom. The monoisotopic (exact) mass is 744 g/mol. The minimum atomic E-state index is -0.418. The van der Waals surface area contributed by atoms with Crippen LogP contribution in [0.5, 0.6) is 0 Å². The number of anilines is 1. The number of pyridine rings is 2. The van der Waals surface area contributed by atoms with Crippen molar-refractivity contribution >= 4 is 45.1 Å². The number of nitrogens with zero attached hydrogens (tertiary/aromatic N) is 6. The number of fused-ring (bicyclic) bond motifs is 4. The number of aromatic nitrogens is 3. The highest BCUT2D eigenvalue weighted by Gasteiger charge is 2.41. The second-order valence-electron chi connectivity index (χ2n) is 13.9. The summed E-state index contributed by atoms with van der Waals surface area (Å²) in [5, 5.41) is 11.3. The van der Waals surface area contributed by atoms with Crippen LogP contribution in [0.3, 0.4) is 0 Å². The Kier molecular flexibility index (Phi) is 8.04. The molecule has 0 fully saturated rings. The fourth-order valence-corrected chi connectivity index (χ4v) is 8.07. The molecule has 3 aromatic heterocycles. The Balaban J connectivity index is 1.19. The second kappa shape index (κ2) is 13.7. The molecule has 4 heterocycles. The van der Waals surface area contributed by atoms with E-state index < -0.39 is 11.8 Å². The number of amides is 2. The molecule has 0 spiro atoms. The van der Waals surface area contributed by atoms with E-state index in [1.165, 1.54) is 4.90 Å². The molecule has 8 nitrogen and oxygen atoms in total. The molecule has 0 aliphatic carbocycles. The van der Waals surface area contributed by atoms with Crippen molar-refractivity contribution < 1.29 is 9.59 Å². The number of carbonyl (C=O) groups is 2. The van der Waals surface area contributed by atoms with Crippen LogP contribution < -0.4 is 4.90 Å². The molecule has 1 aliphatic rings. The summed E-state index contributed by atoms with van der Waals surface area (Å²) in [6.07, 6.45) is 0. The standard InChI is InChI=1S/C50H28N6O2/c1-52-46-23-11-20-41(54-46)34-25-27-43-39(29-34)38-28-33(40-19-8-16-35(30-51)53-40)24-26-42(38)55(43)45-22-10-18-37-48(45)50(58)56(49(37)57)44-21-9-17-36(31-12-4-2-5-13-31)47(44)32-14-6-3-7-15-32/h2-29H. The Bertz CT molecular complexity index is 3130. The fourth-order valence-electron chi connectivity index (χ4n) is 8.07. The van der Waals surface area contributed by atoms with E-state index in [0.717, 1.165) is 55.2 Å². The van der Waals surface area contributed by atoms with Gasteiger partial charge in [0.2, 0.25) is 0 Å². The maximum absolute atomic E-state index is 15.1. The summed E-state index contributed by atoms with van der Waals surface area (Å²) in [5.41, 5.74) is 10.1. The van der Waals surface area contributed by atoms with E-state index in [0.29, 0.717) is 45.4 Å². The number of nitriles is 1. The molecule has 270 valence electrons. The van der Waals surface area contributed by atoms with Crippen LogP contribution in [0.1, 0.15) is 26.4 Å². The molecule has 0 saturated heterocycles. The molecule has 6 aromatic carbocycles. The Labute approximate surface area is 333 Å². The molecular weight excluding hydrogens is 717 g/mol. The van der Waals surface area contributed by atoms with E-state index in [9.17, 15) is 10.1 Å². The maximum atomic E-state index is 15.1. The highest BCUT2D eigenvalue weighted by molar-refractivity contribution is 6.37. The van der Waals surface area contributed by atoms with Crippen LogP contribution in [0.25, 0.3) is 77.1 Å². The normalized spacial score (nSPS) is 12.1. The predicted octanol–water partition coefficient (Wildman–Crippen LogP) is 11.5. The van der Waals surface area contributed by atoms with Gasteiger partial charge < -0.3 is 9.41 Å². The predicted molar refractivity (Wildman–Crippen MR) is 227 cm³/mol. The van der Waals surface area contributed by atoms with Crippen molar-refractivity contribution in [3.63, 3.8) is 0 Å². The number of benzene rings is 6. The third-order valence-electron chi connectivity index (χ3n) is 10.6. The molecule has 8 heteroatoms. The van der Waals surface area contributed by atoms with E-state index in [1.54, 1.807) is 18.2 Å². The SMILES string of the molecule is [C-]#[N+]c1cccc(-c2ccc3c(c2)c2cc(-c4cccc(C#N)n4)ccc2n3-c2cccc3c2C(=O)N(c2cccc(-c4ccccc4)c2-c2ccccc2)C3=O)n1. The largest absolute Gasteiger partial charge is 0.361 e. The second-order valence-corrected chi connectivity index (χ2v) is 13.9. The summed E-state index contributed by atoms with van der Waals surface area (Å²) in [6, 6.07) is 55.8. The van der Waals surface area contributed by atoms with Gasteiger partial charge in [0.15, 0.2) is 5.69 Å². The highest BCUT2D eigenvalue weighted by atomic mass is 16.2. The van der Waals surface area contributed by atoms with Crippen LogP contribution >= 0.6 is 0 Å². The number of imide groups is 1. The van der Waals surface area contributed by atoms with Gasteiger partial charge in [-0.1, -0.05) is 104 Å². The van der Waals surface area contributed by atoms with E-state index in [1.807, 2.05) is 156 Å². The third-order valence-corrected chi connectivity index (χ3v) is 10.6. The van der Waals surface area contributed by atoms with Crippen molar-refractivity contribution in [1.82, 2.24) is 14.5 Å². The summed E-state index contributed by atoms with van der Waals surface area (Å²) >= 11 is 0. The number of hydrogen-bond acceptors (Lipinski definition) is 5. The molecule has 0 N–H and O–H groups in total. The van der Waals surface area contributed by atoms with Crippen LogP contribution in [0.15, 0.2) is 170 Å². The number of carbonyl (C=O) groups excluding carboxylic acids is 2. The Morgan fingerprint density at radius 3 is 1.76 bits per heavy atom. The van der Waals surface area contributed by atoms with Crippen molar-refractivity contribution in [3.8, 4) is 56.5 Å². The summed E-state index contributed by atoms with van der Waals surface area (Å²) in [6.45, 7) is 7.52. The molecule has 2 amide bonds. The molecule has 9 aromatic rings. The topological polar surface area (TPSA) is 96.2 Å². The first kappa shape index (κ1) is 34.1. The van der Waals surface area contributed by atoms with Gasteiger partial charge in [0, 0.05) is 27.5 Å². The average molecular weight is 745 g/mol. The van der Waals surface area contributed by atoms with Crippen molar-refractivity contribution in [2.24, 2.45) is 0 Å². The smallest absolute Gasteiger partial charge is 0.270 e. The molecule has 10 rings (SSSR count). The molecule has 0 radical (unpaired) electrons. The van der Waals surface area contributed by atoms with Crippen LogP contribution in [0, 0.1) is 17.9 Å². The van der Waals surface area contributed by atoms with Crippen LogP contribution in [-0.4, -0.2) is 26.3 Å². The van der Waals surface area contributed by atoms with Crippen molar-refractivity contribution in [2.75, 3.05) is 4.90 Å². The van der Waals surface area contributed by atoms with E-state index >= 15 is 4.79 Å². The van der Waals surface area contributed by atoms with E-state index in [-0.39, 0.29) is 0 Å². The molecule has 0 bridgehead atoms. The van der Waals surface area contributed by atoms with Gasteiger partial charge in [-0.3, -0.25) is 9.59 Å². The molecule has 0 saturated carbocycles. The van der Waals surface area contributed by atoms with Crippen molar-refractivity contribution in [3.05, 3.63) is 198 Å². The summed E-state index contributed by atoms with van der Waals surface area (Å²) in [7, 11) is 0. The highest BCUT2D eigenvalue weighted by Crippen LogP contribution is 2.44. The van der Waals surface area contributed by atoms with Gasteiger partial charge in [-0.25, -0.2) is 9.88 Å². The summed E-state index contributed by atoms with van der Waals surface area (Å²) in [4.78, 5) is 43.7. The number of rotatable bonds is 6. The minimum Gasteiger partial charge on any atom is -0.361 e. The van der Waals surface area contributed by atoms with E-state index in [4.69, 9.17) is 6.57 Å². The van der Waals surface area contributed by atoms with Crippen LogP contribution in [-0.2, 0) is 0 Å². The maximum Gasteiger partial charge on any atom is 0.270 e.